The molecule has 35 heavy (non-hydrogen) atoms. The number of hydrogen-bond donors (Lipinski definition) is 3. The van der Waals surface area contributed by atoms with Crippen molar-refractivity contribution in [2.24, 2.45) is 5.41 Å². The van der Waals surface area contributed by atoms with Crippen LogP contribution in [0.1, 0.15) is 36.3 Å². The summed E-state index contributed by atoms with van der Waals surface area (Å²) in [7, 11) is 0. The van der Waals surface area contributed by atoms with Gasteiger partial charge in [0.1, 0.15) is 5.69 Å². The molecule has 0 spiro atoms. The molecule has 0 aliphatic heterocycles. The van der Waals surface area contributed by atoms with Gasteiger partial charge in [0, 0.05) is 13.0 Å². The molecular weight excluding hydrogens is 452 g/mol. The SMILES string of the molecule is CC(=O)OCOC(=O)C(C)(CO)CC(Cc1ccc(-c2ccccc2)cc1)NC(=O)c1cnn[nH]1. The summed E-state index contributed by atoms with van der Waals surface area (Å²) in [5.74, 6) is -1.79. The maximum absolute atomic E-state index is 12.7. The molecule has 184 valence electrons. The van der Waals surface area contributed by atoms with Gasteiger partial charge < -0.3 is 19.9 Å². The van der Waals surface area contributed by atoms with Crippen LogP contribution in [-0.4, -0.2) is 57.8 Å². The zero-order valence-electron chi connectivity index (χ0n) is 19.6. The summed E-state index contributed by atoms with van der Waals surface area (Å²) in [6.07, 6.45) is 1.74. The number of nitrogens with zero attached hydrogens (tertiary/aromatic N) is 2. The Morgan fingerprint density at radius 1 is 1.06 bits per heavy atom. The van der Waals surface area contributed by atoms with Crippen LogP contribution in [0.15, 0.2) is 60.8 Å². The third kappa shape index (κ3) is 7.21. The first-order chi connectivity index (χ1) is 16.8. The highest BCUT2D eigenvalue weighted by Gasteiger charge is 2.38. The lowest BCUT2D eigenvalue weighted by molar-refractivity contribution is -0.175. The minimum absolute atomic E-state index is 0.0656. The number of carbonyl (C=O) groups excluding carboxylic acids is 3. The van der Waals surface area contributed by atoms with Crippen molar-refractivity contribution in [3.05, 3.63) is 72.1 Å². The van der Waals surface area contributed by atoms with E-state index >= 15 is 0 Å². The minimum Gasteiger partial charge on any atom is -0.428 e. The zero-order valence-corrected chi connectivity index (χ0v) is 19.6. The Balaban J connectivity index is 1.77. The first-order valence-electron chi connectivity index (χ1n) is 11.0. The Bertz CT molecular complexity index is 1120. The summed E-state index contributed by atoms with van der Waals surface area (Å²) < 4.78 is 9.68. The number of aromatic amines is 1. The Hall–Kier alpha value is -4.05. The highest BCUT2D eigenvalue weighted by atomic mass is 16.7. The van der Waals surface area contributed by atoms with Gasteiger partial charge in [-0.1, -0.05) is 59.8 Å². The topological polar surface area (TPSA) is 144 Å². The molecule has 10 nitrogen and oxygen atoms in total. The molecule has 3 rings (SSSR count). The van der Waals surface area contributed by atoms with Gasteiger partial charge in [-0.3, -0.25) is 19.5 Å². The number of nitrogens with one attached hydrogen (secondary N) is 2. The maximum Gasteiger partial charge on any atom is 0.317 e. The molecule has 0 aliphatic rings. The van der Waals surface area contributed by atoms with Crippen LogP contribution in [-0.2, 0) is 25.5 Å². The zero-order chi connectivity index (χ0) is 25.3. The third-order valence-electron chi connectivity index (χ3n) is 5.53. The number of amides is 1. The highest BCUT2D eigenvalue weighted by Crippen LogP contribution is 2.27. The Morgan fingerprint density at radius 3 is 2.34 bits per heavy atom. The number of benzene rings is 2. The number of rotatable bonds is 11. The molecule has 2 atom stereocenters. The monoisotopic (exact) mass is 480 g/mol. The summed E-state index contributed by atoms with van der Waals surface area (Å²) in [4.78, 5) is 36.3. The predicted molar refractivity (Wildman–Crippen MR) is 126 cm³/mol. The van der Waals surface area contributed by atoms with Crippen molar-refractivity contribution >= 4 is 17.8 Å². The fraction of sp³-hybridized carbons (Fsp3) is 0.320. The summed E-state index contributed by atoms with van der Waals surface area (Å²) in [6, 6.07) is 17.3. The van der Waals surface area contributed by atoms with Crippen LogP contribution >= 0.6 is 0 Å². The van der Waals surface area contributed by atoms with Crippen LogP contribution in [0.3, 0.4) is 0 Å². The second-order valence-electron chi connectivity index (χ2n) is 8.42. The Morgan fingerprint density at radius 2 is 1.74 bits per heavy atom. The van der Waals surface area contributed by atoms with E-state index in [2.05, 4.69) is 25.5 Å². The van der Waals surface area contributed by atoms with Crippen LogP contribution in [0.2, 0.25) is 0 Å². The fourth-order valence-corrected chi connectivity index (χ4v) is 3.59. The highest BCUT2D eigenvalue weighted by molar-refractivity contribution is 5.92. The summed E-state index contributed by atoms with van der Waals surface area (Å²) >= 11 is 0. The Kier molecular flexibility index (Phi) is 8.69. The van der Waals surface area contributed by atoms with Crippen molar-refractivity contribution in [1.29, 1.82) is 0 Å². The first-order valence-corrected chi connectivity index (χ1v) is 11.0. The molecule has 1 aromatic heterocycles. The molecule has 0 bridgehead atoms. The van der Waals surface area contributed by atoms with Gasteiger partial charge in [0.05, 0.1) is 18.2 Å². The van der Waals surface area contributed by atoms with Gasteiger partial charge in [-0.2, -0.15) is 0 Å². The molecular formula is C25H28N4O6. The van der Waals surface area contributed by atoms with E-state index in [-0.39, 0.29) is 12.1 Å². The van der Waals surface area contributed by atoms with Crippen LogP contribution in [0.5, 0.6) is 0 Å². The molecule has 10 heteroatoms. The third-order valence-corrected chi connectivity index (χ3v) is 5.53. The van der Waals surface area contributed by atoms with E-state index in [4.69, 9.17) is 4.74 Å². The van der Waals surface area contributed by atoms with E-state index in [9.17, 15) is 19.5 Å². The molecule has 1 amide bonds. The van der Waals surface area contributed by atoms with Gasteiger partial charge in [0.25, 0.3) is 5.91 Å². The lowest BCUT2D eigenvalue weighted by Gasteiger charge is -2.30. The molecule has 1 heterocycles. The average Bonchev–Trinajstić information content (AvgIpc) is 3.40. The van der Waals surface area contributed by atoms with Gasteiger partial charge >= 0.3 is 11.9 Å². The van der Waals surface area contributed by atoms with Crippen molar-refractivity contribution in [2.75, 3.05) is 13.4 Å². The van der Waals surface area contributed by atoms with E-state index in [0.29, 0.717) is 6.42 Å². The van der Waals surface area contributed by atoms with E-state index in [0.717, 1.165) is 16.7 Å². The van der Waals surface area contributed by atoms with Crippen molar-refractivity contribution in [1.82, 2.24) is 20.7 Å². The van der Waals surface area contributed by atoms with Crippen molar-refractivity contribution in [3.8, 4) is 11.1 Å². The molecule has 0 radical (unpaired) electrons. The molecule has 2 aromatic carbocycles. The van der Waals surface area contributed by atoms with Crippen LogP contribution < -0.4 is 5.32 Å². The van der Waals surface area contributed by atoms with Crippen molar-refractivity contribution < 1.29 is 29.0 Å². The minimum atomic E-state index is -1.35. The molecule has 0 aliphatic carbocycles. The number of esters is 2. The quantitative estimate of drug-likeness (QED) is 0.280. The van der Waals surface area contributed by atoms with Gasteiger partial charge in [-0.25, -0.2) is 0 Å². The van der Waals surface area contributed by atoms with Gasteiger partial charge in [-0.15, -0.1) is 5.10 Å². The molecule has 3 aromatic rings. The molecule has 0 saturated heterocycles. The largest absolute Gasteiger partial charge is 0.428 e. The number of aliphatic hydroxyl groups excluding tert-OH is 1. The summed E-state index contributed by atoms with van der Waals surface area (Å²) in [6.45, 7) is 1.63. The lowest BCUT2D eigenvalue weighted by Crippen LogP contribution is -2.45. The second kappa shape index (κ2) is 11.9. The van der Waals surface area contributed by atoms with Gasteiger partial charge in [0.2, 0.25) is 6.79 Å². The number of aliphatic hydroxyl groups is 1. The van der Waals surface area contributed by atoms with Crippen LogP contribution in [0.25, 0.3) is 11.1 Å². The summed E-state index contributed by atoms with van der Waals surface area (Å²) in [5.41, 5.74) is 1.87. The number of hydrogen-bond acceptors (Lipinski definition) is 8. The predicted octanol–water partition coefficient (Wildman–Crippen LogP) is 2.27. The number of aromatic nitrogens is 3. The smallest absolute Gasteiger partial charge is 0.317 e. The average molecular weight is 481 g/mol. The van der Waals surface area contributed by atoms with E-state index in [1.807, 2.05) is 54.6 Å². The number of ether oxygens (including phenoxy) is 2. The summed E-state index contributed by atoms with van der Waals surface area (Å²) in [5, 5.41) is 22.6. The van der Waals surface area contributed by atoms with Gasteiger partial charge in [0.15, 0.2) is 0 Å². The molecule has 0 saturated carbocycles. The van der Waals surface area contributed by atoms with Crippen LogP contribution in [0, 0.1) is 5.41 Å². The standard InChI is InChI=1S/C25H28N4O6/c1-17(31)34-16-35-24(33)25(2,15-30)13-21(27-23(32)22-14-26-29-28-22)12-18-8-10-20(11-9-18)19-6-4-3-5-7-19/h3-11,14,21,30H,12-13,15-16H2,1-2H3,(H,27,32)(H,26,28,29). The second-order valence-corrected chi connectivity index (χ2v) is 8.42. The first kappa shape index (κ1) is 25.6. The van der Waals surface area contributed by atoms with Gasteiger partial charge in [-0.05, 0) is 36.5 Å². The van der Waals surface area contributed by atoms with Crippen LogP contribution in [0.4, 0.5) is 0 Å². The van der Waals surface area contributed by atoms with E-state index < -0.39 is 42.7 Å². The van der Waals surface area contributed by atoms with E-state index in [1.165, 1.54) is 20.0 Å². The Labute approximate surface area is 202 Å². The number of H-pyrrole nitrogens is 1. The molecule has 0 fully saturated rings. The lowest BCUT2D eigenvalue weighted by atomic mass is 9.82. The fourth-order valence-electron chi connectivity index (χ4n) is 3.59. The van der Waals surface area contributed by atoms with E-state index in [1.54, 1.807) is 0 Å². The van der Waals surface area contributed by atoms with Crippen molar-refractivity contribution in [2.45, 2.75) is 32.7 Å². The molecule has 2 unspecified atom stereocenters. The number of carbonyl (C=O) groups is 3. The van der Waals surface area contributed by atoms with Crippen molar-refractivity contribution in [3.63, 3.8) is 0 Å². The normalized spacial score (nSPS) is 13.3. The maximum atomic E-state index is 12.7. The molecule has 3 N–H and O–H groups in total.